The van der Waals surface area contributed by atoms with Crippen LogP contribution in [0.25, 0.3) is 11.1 Å². The summed E-state index contributed by atoms with van der Waals surface area (Å²) < 4.78 is 5.53. The van der Waals surface area contributed by atoms with Gasteiger partial charge in [0.25, 0.3) is 0 Å². The maximum absolute atomic E-state index is 12.8. The molecule has 0 aromatic heterocycles. The Labute approximate surface area is 208 Å². The van der Waals surface area contributed by atoms with Crippen LogP contribution in [-0.4, -0.2) is 36.2 Å². The molecule has 3 aromatic carbocycles. The van der Waals surface area contributed by atoms with E-state index in [0.717, 1.165) is 22.3 Å². The highest BCUT2D eigenvalue weighted by Crippen LogP contribution is 2.44. The topological polar surface area (TPSA) is 105 Å². The highest BCUT2D eigenvalue weighted by molar-refractivity contribution is 6.34. The number of hydrogen-bond donors (Lipinski definition) is 3. The highest BCUT2D eigenvalue weighted by atomic mass is 35.5. The number of carbonyl (C=O) groups excluding carboxylic acids is 2. The Balaban J connectivity index is 1.35. The van der Waals surface area contributed by atoms with Gasteiger partial charge < -0.3 is 20.5 Å². The van der Waals surface area contributed by atoms with Crippen LogP contribution in [0.2, 0.25) is 5.02 Å². The molecular formula is C27H25ClN2O5. The first-order valence-electron chi connectivity index (χ1n) is 11.1. The third kappa shape index (κ3) is 5.15. The van der Waals surface area contributed by atoms with Gasteiger partial charge >= 0.3 is 12.1 Å². The fraction of sp³-hybridized carbons (Fsp3) is 0.222. The van der Waals surface area contributed by atoms with Crippen LogP contribution in [0, 0.1) is 5.41 Å². The molecule has 0 radical (unpaired) electrons. The number of hydrogen-bond acceptors (Lipinski definition) is 4. The number of alkyl carbamates (subject to hydrolysis) is 1. The van der Waals surface area contributed by atoms with Gasteiger partial charge in [0.15, 0.2) is 0 Å². The van der Waals surface area contributed by atoms with Crippen LogP contribution in [-0.2, 0) is 9.53 Å². The quantitative estimate of drug-likeness (QED) is 0.401. The van der Waals surface area contributed by atoms with Crippen molar-refractivity contribution in [3.63, 3.8) is 0 Å². The van der Waals surface area contributed by atoms with E-state index in [-0.39, 0.29) is 35.3 Å². The van der Waals surface area contributed by atoms with Crippen molar-refractivity contribution >= 4 is 35.3 Å². The van der Waals surface area contributed by atoms with Crippen LogP contribution in [0.1, 0.15) is 41.3 Å². The van der Waals surface area contributed by atoms with E-state index in [0.29, 0.717) is 0 Å². The molecule has 0 spiro atoms. The molecule has 3 N–H and O–H groups in total. The first-order chi connectivity index (χ1) is 16.7. The van der Waals surface area contributed by atoms with E-state index in [1.54, 1.807) is 13.8 Å². The van der Waals surface area contributed by atoms with Crippen molar-refractivity contribution in [1.29, 1.82) is 0 Å². The maximum Gasteiger partial charge on any atom is 0.407 e. The van der Waals surface area contributed by atoms with Gasteiger partial charge in [-0.25, -0.2) is 9.59 Å². The van der Waals surface area contributed by atoms with Gasteiger partial charge in [0.05, 0.1) is 21.7 Å². The molecule has 0 unspecified atom stereocenters. The molecule has 1 aliphatic rings. The predicted molar refractivity (Wildman–Crippen MR) is 134 cm³/mol. The summed E-state index contributed by atoms with van der Waals surface area (Å²) in [5, 5.41) is 14.7. The fourth-order valence-corrected chi connectivity index (χ4v) is 4.23. The number of carboxylic acid groups (broad SMARTS) is 1. The zero-order chi connectivity index (χ0) is 25.2. The smallest absolute Gasteiger partial charge is 0.407 e. The van der Waals surface area contributed by atoms with Crippen molar-refractivity contribution in [3.05, 3.63) is 88.4 Å². The number of aromatic carboxylic acids is 1. The van der Waals surface area contributed by atoms with E-state index in [4.69, 9.17) is 21.4 Å². The Morgan fingerprint density at radius 1 is 0.971 bits per heavy atom. The normalized spacial score (nSPS) is 12.4. The van der Waals surface area contributed by atoms with Gasteiger partial charge in [0, 0.05) is 12.5 Å². The average Bonchev–Trinajstić information content (AvgIpc) is 3.16. The molecule has 0 aliphatic heterocycles. The Hall–Kier alpha value is -3.84. The molecule has 0 heterocycles. The van der Waals surface area contributed by atoms with Crippen molar-refractivity contribution in [2.45, 2.75) is 19.8 Å². The molecule has 3 aromatic rings. The number of nitrogens with one attached hydrogen (secondary N) is 2. The number of amides is 2. The first kappa shape index (κ1) is 24.3. The number of carbonyl (C=O) groups is 3. The van der Waals surface area contributed by atoms with Crippen molar-refractivity contribution in [1.82, 2.24) is 5.32 Å². The van der Waals surface area contributed by atoms with Crippen LogP contribution in [0.4, 0.5) is 10.5 Å². The Morgan fingerprint density at radius 3 is 2.17 bits per heavy atom. The minimum atomic E-state index is -1.13. The minimum Gasteiger partial charge on any atom is -0.478 e. The van der Waals surface area contributed by atoms with E-state index in [9.17, 15) is 14.4 Å². The summed E-state index contributed by atoms with van der Waals surface area (Å²) in [6, 6.07) is 20.2. The summed E-state index contributed by atoms with van der Waals surface area (Å²) in [7, 11) is 0. The zero-order valence-corrected chi connectivity index (χ0v) is 20.1. The van der Waals surface area contributed by atoms with Crippen molar-refractivity contribution in [3.8, 4) is 11.1 Å². The minimum absolute atomic E-state index is 0.000677. The van der Waals surface area contributed by atoms with Gasteiger partial charge in [-0.05, 0) is 54.3 Å². The summed E-state index contributed by atoms with van der Waals surface area (Å²) in [6.07, 6.45) is -0.626. The van der Waals surface area contributed by atoms with Crippen molar-refractivity contribution in [2.24, 2.45) is 5.41 Å². The molecular weight excluding hydrogens is 468 g/mol. The predicted octanol–water partition coefficient (Wildman–Crippen LogP) is 5.54. The lowest BCUT2D eigenvalue weighted by Gasteiger charge is -2.24. The molecule has 0 saturated heterocycles. The average molecular weight is 493 g/mol. The molecule has 2 amide bonds. The maximum atomic E-state index is 12.8. The van der Waals surface area contributed by atoms with E-state index in [1.165, 1.54) is 18.2 Å². The summed E-state index contributed by atoms with van der Waals surface area (Å²) >= 11 is 6.10. The van der Waals surface area contributed by atoms with Crippen LogP contribution in [0.15, 0.2) is 66.7 Å². The lowest BCUT2D eigenvalue weighted by molar-refractivity contribution is -0.123. The molecule has 0 bridgehead atoms. The van der Waals surface area contributed by atoms with Gasteiger partial charge in [-0.3, -0.25) is 4.79 Å². The molecule has 0 saturated carbocycles. The van der Waals surface area contributed by atoms with Gasteiger partial charge in [-0.2, -0.15) is 0 Å². The fourth-order valence-electron chi connectivity index (χ4n) is 4.07. The lowest BCUT2D eigenvalue weighted by atomic mass is 9.92. The molecule has 7 nitrogen and oxygen atoms in total. The molecule has 8 heteroatoms. The molecule has 0 fully saturated rings. The highest BCUT2D eigenvalue weighted by Gasteiger charge is 2.31. The number of carboxylic acids is 1. The molecule has 0 atom stereocenters. The lowest BCUT2D eigenvalue weighted by Crippen LogP contribution is -2.42. The molecule has 35 heavy (non-hydrogen) atoms. The monoisotopic (exact) mass is 492 g/mol. The summed E-state index contributed by atoms with van der Waals surface area (Å²) in [4.78, 5) is 36.5. The molecule has 180 valence electrons. The second-order valence-corrected chi connectivity index (χ2v) is 9.42. The third-order valence-corrected chi connectivity index (χ3v) is 6.42. The second kappa shape index (κ2) is 9.80. The number of fused-ring (bicyclic) bond motifs is 3. The zero-order valence-electron chi connectivity index (χ0n) is 19.3. The summed E-state index contributed by atoms with van der Waals surface area (Å²) in [6.45, 7) is 3.48. The standard InChI is InChI=1S/C27H25ClN2O5/c1-27(2,25(33)30-23-13-16(24(31)32)11-12-22(23)28)15-29-26(34)35-14-21-19-9-5-3-7-17(19)18-8-4-6-10-20(18)21/h3-13,21H,14-15H2,1-2H3,(H,29,34)(H,30,33)(H,31,32). The number of ether oxygens (including phenoxy) is 1. The van der Waals surface area contributed by atoms with Crippen LogP contribution >= 0.6 is 11.6 Å². The van der Waals surface area contributed by atoms with Crippen molar-refractivity contribution < 1.29 is 24.2 Å². The third-order valence-electron chi connectivity index (χ3n) is 6.09. The van der Waals surface area contributed by atoms with E-state index < -0.39 is 23.4 Å². The Morgan fingerprint density at radius 2 is 1.57 bits per heavy atom. The van der Waals surface area contributed by atoms with Crippen molar-refractivity contribution in [2.75, 3.05) is 18.5 Å². The van der Waals surface area contributed by atoms with Gasteiger partial charge in [0.2, 0.25) is 5.91 Å². The van der Waals surface area contributed by atoms with Crippen LogP contribution < -0.4 is 10.6 Å². The van der Waals surface area contributed by atoms with E-state index in [1.807, 2.05) is 36.4 Å². The van der Waals surface area contributed by atoms with Gasteiger partial charge in [-0.15, -0.1) is 0 Å². The number of benzene rings is 3. The number of rotatable bonds is 7. The summed E-state index contributed by atoms with van der Waals surface area (Å²) in [5.41, 5.74) is 3.67. The number of halogens is 1. The largest absolute Gasteiger partial charge is 0.478 e. The SMILES string of the molecule is CC(C)(CNC(=O)OCC1c2ccccc2-c2ccccc21)C(=O)Nc1cc(C(=O)O)ccc1Cl. The van der Waals surface area contributed by atoms with Crippen LogP contribution in [0.5, 0.6) is 0 Å². The molecule has 1 aliphatic carbocycles. The van der Waals surface area contributed by atoms with Gasteiger partial charge in [0.1, 0.15) is 6.61 Å². The van der Waals surface area contributed by atoms with E-state index in [2.05, 4.69) is 22.8 Å². The Bertz CT molecular complexity index is 1260. The second-order valence-electron chi connectivity index (χ2n) is 9.02. The molecule has 4 rings (SSSR count). The van der Waals surface area contributed by atoms with E-state index >= 15 is 0 Å². The first-order valence-corrected chi connectivity index (χ1v) is 11.5. The van der Waals surface area contributed by atoms with Crippen LogP contribution in [0.3, 0.4) is 0 Å². The Kier molecular flexibility index (Phi) is 6.80. The summed E-state index contributed by atoms with van der Waals surface area (Å²) in [5.74, 6) is -1.62. The number of anilines is 1. The van der Waals surface area contributed by atoms with Gasteiger partial charge in [-0.1, -0.05) is 60.1 Å².